The number of rotatable bonds is 8. The van der Waals surface area contributed by atoms with Crippen molar-refractivity contribution in [1.29, 1.82) is 0 Å². The molecule has 6 nitrogen and oxygen atoms in total. The van der Waals surface area contributed by atoms with Crippen LogP contribution in [0.5, 0.6) is 0 Å². The molecule has 1 rings (SSSR count). The number of aliphatic hydroxyl groups is 1. The highest BCUT2D eigenvalue weighted by molar-refractivity contribution is 5.77. The van der Waals surface area contributed by atoms with Crippen LogP contribution in [0.25, 0.3) is 0 Å². The average molecular weight is 328 g/mol. The molecule has 0 fully saturated rings. The van der Waals surface area contributed by atoms with Gasteiger partial charge in [0, 0.05) is 19.0 Å². The molecule has 23 heavy (non-hydrogen) atoms. The van der Waals surface area contributed by atoms with Gasteiger partial charge in [0.2, 0.25) is 5.91 Å². The predicted molar refractivity (Wildman–Crippen MR) is 84.3 cm³/mol. The maximum atomic E-state index is 15.4. The predicted octanol–water partition coefficient (Wildman–Crippen LogP) is 0.982. The number of allylic oxidation sites excluding steroid dienone is 2. The molecular weight excluding hydrogens is 303 g/mol. The first kappa shape index (κ1) is 19.2. The second-order valence-electron chi connectivity index (χ2n) is 5.85. The van der Waals surface area contributed by atoms with Gasteiger partial charge in [-0.1, -0.05) is 32.9 Å². The van der Waals surface area contributed by atoms with Gasteiger partial charge in [0.1, 0.15) is 5.92 Å². The van der Waals surface area contributed by atoms with E-state index in [0.717, 1.165) is 0 Å². The van der Waals surface area contributed by atoms with Crippen molar-refractivity contribution in [1.82, 2.24) is 10.6 Å². The molecule has 1 aliphatic carbocycles. The van der Waals surface area contributed by atoms with E-state index < -0.39 is 23.7 Å². The average Bonchev–Trinajstić information content (AvgIpc) is 2.51. The summed E-state index contributed by atoms with van der Waals surface area (Å²) in [6.45, 7) is 5.61. The third-order valence-electron chi connectivity index (χ3n) is 3.83. The number of hydrogen-bond acceptors (Lipinski definition) is 4. The van der Waals surface area contributed by atoms with Crippen LogP contribution in [0.15, 0.2) is 23.9 Å². The van der Waals surface area contributed by atoms with Crippen LogP contribution < -0.4 is 10.6 Å². The zero-order chi connectivity index (χ0) is 17.6. The van der Waals surface area contributed by atoms with Gasteiger partial charge < -0.3 is 20.8 Å². The summed E-state index contributed by atoms with van der Waals surface area (Å²) in [6, 6.07) is 0. The standard InChI is InChI=1S/C16H25FN2O4/c1-4-13(20)16(17)11(15(22)23)6-5-7-12(16)18-8-9-19-14(21)10(2)3/h5-7,10-11,13,18,20H,4,8-9H2,1-3H3,(H,19,21)(H,22,23). The minimum Gasteiger partial charge on any atom is -0.481 e. The van der Waals surface area contributed by atoms with Gasteiger partial charge in [0.05, 0.1) is 11.8 Å². The highest BCUT2D eigenvalue weighted by Gasteiger charge is 2.51. The molecule has 0 aliphatic heterocycles. The summed E-state index contributed by atoms with van der Waals surface area (Å²) in [7, 11) is 0. The molecule has 0 heterocycles. The van der Waals surface area contributed by atoms with Gasteiger partial charge in [0.25, 0.3) is 0 Å². The lowest BCUT2D eigenvalue weighted by Crippen LogP contribution is -2.53. The third-order valence-corrected chi connectivity index (χ3v) is 3.83. The molecule has 3 atom stereocenters. The van der Waals surface area contributed by atoms with E-state index in [9.17, 15) is 19.8 Å². The first-order chi connectivity index (χ1) is 10.7. The van der Waals surface area contributed by atoms with Crippen molar-refractivity contribution < 1.29 is 24.2 Å². The molecule has 3 unspecified atom stereocenters. The number of carboxylic acids is 1. The minimum absolute atomic E-state index is 0.0144. The van der Waals surface area contributed by atoms with Gasteiger partial charge in [-0.25, -0.2) is 4.39 Å². The third kappa shape index (κ3) is 4.31. The highest BCUT2D eigenvalue weighted by atomic mass is 19.1. The van der Waals surface area contributed by atoms with E-state index in [1.54, 1.807) is 20.8 Å². The number of nitrogens with one attached hydrogen (secondary N) is 2. The Labute approximate surface area is 135 Å². The van der Waals surface area contributed by atoms with Gasteiger partial charge in [-0.2, -0.15) is 0 Å². The van der Waals surface area contributed by atoms with Crippen LogP contribution in [0.3, 0.4) is 0 Å². The molecule has 0 spiro atoms. The Kier molecular flexibility index (Phi) is 6.75. The van der Waals surface area contributed by atoms with Crippen LogP contribution in [0.4, 0.5) is 4.39 Å². The number of carbonyl (C=O) groups excluding carboxylic acids is 1. The van der Waals surface area contributed by atoms with Gasteiger partial charge >= 0.3 is 5.97 Å². The molecule has 1 aliphatic rings. The molecule has 0 aromatic rings. The van der Waals surface area contributed by atoms with E-state index in [2.05, 4.69) is 10.6 Å². The summed E-state index contributed by atoms with van der Waals surface area (Å²) in [5, 5.41) is 24.7. The Morgan fingerprint density at radius 2 is 2.04 bits per heavy atom. The molecular formula is C16H25FN2O4. The molecule has 0 bridgehead atoms. The number of alkyl halides is 1. The number of carboxylic acid groups (broad SMARTS) is 1. The SMILES string of the molecule is CCC(O)C1(F)C(NCCNC(=O)C(C)C)=CC=CC1C(=O)O. The summed E-state index contributed by atoms with van der Waals surface area (Å²) in [4.78, 5) is 22.8. The molecule has 7 heteroatoms. The van der Waals surface area contributed by atoms with Crippen molar-refractivity contribution >= 4 is 11.9 Å². The van der Waals surface area contributed by atoms with Gasteiger partial charge in [-0.3, -0.25) is 9.59 Å². The molecule has 4 N–H and O–H groups in total. The Balaban J connectivity index is 2.78. The second-order valence-corrected chi connectivity index (χ2v) is 5.85. The van der Waals surface area contributed by atoms with Crippen molar-refractivity contribution in [3.63, 3.8) is 0 Å². The van der Waals surface area contributed by atoms with Crippen molar-refractivity contribution in [2.75, 3.05) is 13.1 Å². The Morgan fingerprint density at radius 1 is 1.39 bits per heavy atom. The molecule has 0 aromatic carbocycles. The molecule has 0 saturated carbocycles. The number of halogens is 1. The fourth-order valence-corrected chi connectivity index (χ4v) is 2.43. The number of hydrogen-bond donors (Lipinski definition) is 4. The van der Waals surface area contributed by atoms with E-state index in [-0.39, 0.29) is 37.0 Å². The number of aliphatic hydroxyl groups excluding tert-OH is 1. The topological polar surface area (TPSA) is 98.7 Å². The number of carbonyl (C=O) groups is 2. The highest BCUT2D eigenvalue weighted by Crippen LogP contribution is 2.38. The second kappa shape index (κ2) is 8.10. The Hall–Kier alpha value is -1.89. The first-order valence-electron chi connectivity index (χ1n) is 7.75. The molecule has 0 aromatic heterocycles. The van der Waals surface area contributed by atoms with E-state index in [0.29, 0.717) is 0 Å². The number of aliphatic carboxylic acids is 1. The normalized spacial score (nSPS) is 25.0. The van der Waals surface area contributed by atoms with Crippen LogP contribution in [0.2, 0.25) is 0 Å². The lowest BCUT2D eigenvalue weighted by atomic mass is 9.77. The van der Waals surface area contributed by atoms with Crippen molar-refractivity contribution in [3.05, 3.63) is 23.9 Å². The molecule has 1 amide bonds. The van der Waals surface area contributed by atoms with E-state index in [4.69, 9.17) is 0 Å². The summed E-state index contributed by atoms with van der Waals surface area (Å²) in [5.74, 6) is -3.06. The lowest BCUT2D eigenvalue weighted by molar-refractivity contribution is -0.148. The largest absolute Gasteiger partial charge is 0.481 e. The Bertz CT molecular complexity index is 504. The first-order valence-corrected chi connectivity index (χ1v) is 7.75. The summed E-state index contributed by atoms with van der Waals surface area (Å²) in [6.07, 6.45) is 2.73. The van der Waals surface area contributed by atoms with Gasteiger partial charge in [-0.15, -0.1) is 0 Å². The fraction of sp³-hybridized carbons (Fsp3) is 0.625. The van der Waals surface area contributed by atoms with Crippen molar-refractivity contribution in [2.24, 2.45) is 11.8 Å². The zero-order valence-electron chi connectivity index (χ0n) is 13.7. The fourth-order valence-electron chi connectivity index (χ4n) is 2.43. The quantitative estimate of drug-likeness (QED) is 0.498. The summed E-state index contributed by atoms with van der Waals surface area (Å²) in [5.41, 5.74) is -2.40. The zero-order valence-corrected chi connectivity index (χ0v) is 13.7. The van der Waals surface area contributed by atoms with Crippen LogP contribution in [0, 0.1) is 11.8 Å². The van der Waals surface area contributed by atoms with Crippen LogP contribution in [-0.2, 0) is 9.59 Å². The molecule has 0 radical (unpaired) electrons. The maximum absolute atomic E-state index is 15.4. The van der Waals surface area contributed by atoms with Gasteiger partial charge in [-0.05, 0) is 12.5 Å². The molecule has 0 saturated heterocycles. The van der Waals surface area contributed by atoms with Crippen molar-refractivity contribution in [3.8, 4) is 0 Å². The minimum atomic E-state index is -2.42. The number of amides is 1. The Morgan fingerprint density at radius 3 is 2.57 bits per heavy atom. The van der Waals surface area contributed by atoms with Crippen LogP contribution >= 0.6 is 0 Å². The van der Waals surface area contributed by atoms with E-state index >= 15 is 4.39 Å². The lowest BCUT2D eigenvalue weighted by Gasteiger charge is -2.37. The van der Waals surface area contributed by atoms with Gasteiger partial charge in [0.15, 0.2) is 5.67 Å². The van der Waals surface area contributed by atoms with E-state index in [1.807, 2.05) is 0 Å². The smallest absolute Gasteiger partial charge is 0.314 e. The van der Waals surface area contributed by atoms with E-state index in [1.165, 1.54) is 18.2 Å². The summed E-state index contributed by atoms with van der Waals surface area (Å²) < 4.78 is 15.4. The van der Waals surface area contributed by atoms with Crippen LogP contribution in [-0.4, -0.2) is 47.0 Å². The maximum Gasteiger partial charge on any atom is 0.314 e. The molecule has 130 valence electrons. The van der Waals surface area contributed by atoms with Crippen LogP contribution in [0.1, 0.15) is 27.2 Å². The monoisotopic (exact) mass is 328 g/mol. The van der Waals surface area contributed by atoms with Crippen molar-refractivity contribution in [2.45, 2.75) is 39.0 Å². The summed E-state index contributed by atoms with van der Waals surface area (Å²) >= 11 is 0.